The van der Waals surface area contributed by atoms with Gasteiger partial charge in [-0.25, -0.2) is 13.4 Å². The van der Waals surface area contributed by atoms with Crippen LogP contribution in [0, 0.1) is 0 Å². The Balaban J connectivity index is 1.29. The molecule has 0 amide bonds. The molecule has 1 fully saturated rings. The number of nitrogens with one attached hydrogen (secondary N) is 1. The smallest absolute Gasteiger partial charge is 0.243 e. The average Bonchev–Trinajstić information content (AvgIpc) is 3.31. The average molecular weight is 522 g/mol. The number of morpholine rings is 1. The lowest BCUT2D eigenvalue weighted by Crippen LogP contribution is -2.48. The first-order chi connectivity index (χ1) is 17.3. The maximum Gasteiger partial charge on any atom is 0.243 e. The Kier molecular flexibility index (Phi) is 6.90. The molecule has 0 bridgehead atoms. The van der Waals surface area contributed by atoms with Crippen molar-refractivity contribution in [1.29, 1.82) is 0 Å². The first kappa shape index (κ1) is 24.6. The van der Waals surface area contributed by atoms with Crippen molar-refractivity contribution in [2.24, 2.45) is 0 Å². The van der Waals surface area contributed by atoms with Gasteiger partial charge in [0.25, 0.3) is 0 Å². The zero-order valence-corrected chi connectivity index (χ0v) is 21.7. The fourth-order valence-corrected chi connectivity index (χ4v) is 6.95. The van der Waals surface area contributed by atoms with Crippen molar-refractivity contribution in [3.63, 3.8) is 0 Å². The van der Waals surface area contributed by atoms with E-state index < -0.39 is 10.0 Å². The van der Waals surface area contributed by atoms with E-state index in [0.29, 0.717) is 5.56 Å². The molecule has 3 aromatic carbocycles. The fraction of sp³-hybridized carbons (Fsp3) is 0.259. The van der Waals surface area contributed by atoms with E-state index in [1.807, 2.05) is 62.4 Å². The summed E-state index contributed by atoms with van der Waals surface area (Å²) in [6.07, 6.45) is -0.368. The van der Waals surface area contributed by atoms with E-state index in [0.717, 1.165) is 26.5 Å². The van der Waals surface area contributed by atoms with Gasteiger partial charge in [-0.3, -0.25) is 4.79 Å². The summed E-state index contributed by atoms with van der Waals surface area (Å²) in [5, 5.41) is 4.08. The van der Waals surface area contributed by atoms with Crippen molar-refractivity contribution in [2.45, 2.75) is 31.0 Å². The van der Waals surface area contributed by atoms with Crippen LogP contribution in [0.2, 0.25) is 0 Å². The monoisotopic (exact) mass is 521 g/mol. The molecule has 1 N–H and O–H groups in total. The third-order valence-electron chi connectivity index (χ3n) is 6.04. The number of hydrogen-bond donors (Lipinski definition) is 1. The highest BCUT2D eigenvalue weighted by atomic mass is 32.2. The lowest BCUT2D eigenvalue weighted by Gasteiger charge is -2.34. The number of rotatable bonds is 7. The number of Topliss-reactive ketones (excluding diaryl/α,β-unsaturated/α-hetero) is 1. The first-order valence-corrected chi connectivity index (χ1v) is 14.0. The number of fused-ring (bicyclic) bond motifs is 1. The number of benzene rings is 3. The molecule has 1 aliphatic rings. The van der Waals surface area contributed by atoms with E-state index in [1.165, 1.54) is 16.4 Å². The zero-order chi connectivity index (χ0) is 25.3. The number of thiazole rings is 1. The molecule has 4 aromatic rings. The highest BCUT2D eigenvalue weighted by Gasteiger charge is 2.32. The lowest BCUT2D eigenvalue weighted by molar-refractivity contribution is -0.0440. The maximum atomic E-state index is 13.2. The van der Waals surface area contributed by atoms with E-state index >= 15 is 0 Å². The van der Waals surface area contributed by atoms with Crippen molar-refractivity contribution in [2.75, 3.05) is 25.0 Å². The third-order valence-corrected chi connectivity index (χ3v) is 8.95. The number of nitrogens with zero attached hydrogens (tertiary/aromatic N) is 2. The van der Waals surface area contributed by atoms with Crippen LogP contribution in [0.15, 0.2) is 77.7 Å². The predicted molar refractivity (Wildman–Crippen MR) is 143 cm³/mol. The topological polar surface area (TPSA) is 88.6 Å². The van der Waals surface area contributed by atoms with Gasteiger partial charge in [-0.05, 0) is 50.2 Å². The number of carbonyl (C=O) groups is 1. The molecule has 0 spiro atoms. The summed E-state index contributed by atoms with van der Waals surface area (Å²) < 4.78 is 34.6. The SMILES string of the molecule is CC1CN(S(=O)(=O)c2cccc(C(=O)CNc3cccc(-c4nc5ccccc5s4)c3)c2)CC(C)O1. The van der Waals surface area contributed by atoms with Gasteiger partial charge < -0.3 is 10.1 Å². The molecule has 0 saturated carbocycles. The summed E-state index contributed by atoms with van der Waals surface area (Å²) in [7, 11) is -3.72. The largest absolute Gasteiger partial charge is 0.378 e. The van der Waals surface area contributed by atoms with Crippen LogP contribution in [-0.2, 0) is 14.8 Å². The van der Waals surface area contributed by atoms with Crippen LogP contribution in [0.25, 0.3) is 20.8 Å². The Morgan fingerprint density at radius 1 is 1.03 bits per heavy atom. The van der Waals surface area contributed by atoms with Crippen molar-refractivity contribution in [3.05, 3.63) is 78.4 Å². The van der Waals surface area contributed by atoms with Crippen LogP contribution in [-0.4, -0.2) is 55.3 Å². The standard InChI is InChI=1S/C27H27N3O4S2/c1-18-16-30(17-19(2)34-18)36(32,33)23-10-6-7-20(14-23)25(31)15-28-22-9-5-8-21(13-22)27-29-24-11-3-4-12-26(24)35-27/h3-14,18-19,28H,15-17H2,1-2H3. The molecule has 7 nitrogen and oxygen atoms in total. The van der Waals surface area contributed by atoms with Crippen molar-refractivity contribution in [1.82, 2.24) is 9.29 Å². The molecule has 5 rings (SSSR count). The van der Waals surface area contributed by atoms with Gasteiger partial charge in [-0.2, -0.15) is 4.31 Å². The number of sulfonamides is 1. The van der Waals surface area contributed by atoms with Gasteiger partial charge in [0.05, 0.1) is 33.9 Å². The number of para-hydroxylation sites is 1. The molecule has 36 heavy (non-hydrogen) atoms. The van der Waals surface area contributed by atoms with Crippen LogP contribution >= 0.6 is 11.3 Å². The number of aromatic nitrogens is 1. The van der Waals surface area contributed by atoms with Crippen LogP contribution in [0.3, 0.4) is 0 Å². The van der Waals surface area contributed by atoms with E-state index in [4.69, 9.17) is 9.72 Å². The highest BCUT2D eigenvalue weighted by molar-refractivity contribution is 7.89. The Bertz CT molecular complexity index is 1470. The van der Waals surface area contributed by atoms with E-state index in [-0.39, 0.29) is 42.5 Å². The second kappa shape index (κ2) is 10.1. The number of anilines is 1. The molecule has 186 valence electrons. The van der Waals surface area contributed by atoms with E-state index in [2.05, 4.69) is 5.32 Å². The maximum absolute atomic E-state index is 13.2. The summed E-state index contributed by atoms with van der Waals surface area (Å²) in [4.78, 5) is 17.8. The minimum Gasteiger partial charge on any atom is -0.378 e. The zero-order valence-electron chi connectivity index (χ0n) is 20.0. The molecule has 0 aliphatic carbocycles. The lowest BCUT2D eigenvalue weighted by atomic mass is 10.1. The van der Waals surface area contributed by atoms with E-state index in [9.17, 15) is 13.2 Å². The molecule has 0 radical (unpaired) electrons. The first-order valence-electron chi connectivity index (χ1n) is 11.8. The van der Waals surface area contributed by atoms with Gasteiger partial charge in [-0.1, -0.05) is 36.4 Å². The summed E-state index contributed by atoms with van der Waals surface area (Å²) in [5.74, 6) is -0.193. The Labute approximate surface area is 214 Å². The number of hydrogen-bond acceptors (Lipinski definition) is 7. The molecule has 1 aromatic heterocycles. The minimum absolute atomic E-state index is 0.0401. The second-order valence-electron chi connectivity index (χ2n) is 8.95. The molecule has 9 heteroatoms. The molecule has 1 aliphatic heterocycles. The molecule has 2 unspecified atom stereocenters. The van der Waals surface area contributed by atoms with Gasteiger partial charge in [0.15, 0.2) is 5.78 Å². The van der Waals surface area contributed by atoms with Gasteiger partial charge >= 0.3 is 0 Å². The summed E-state index contributed by atoms with van der Waals surface area (Å²) >= 11 is 1.62. The molecular formula is C27H27N3O4S2. The third kappa shape index (κ3) is 5.19. The van der Waals surface area contributed by atoms with Crippen LogP contribution in [0.1, 0.15) is 24.2 Å². The quantitative estimate of drug-likeness (QED) is 0.342. The normalized spacial score (nSPS) is 18.8. The van der Waals surface area contributed by atoms with Gasteiger partial charge in [0.1, 0.15) is 5.01 Å². The Hall–Kier alpha value is -3.11. The van der Waals surface area contributed by atoms with Gasteiger partial charge in [0.2, 0.25) is 10.0 Å². The molecular weight excluding hydrogens is 494 g/mol. The predicted octanol–water partition coefficient (Wildman–Crippen LogP) is 5.06. The minimum atomic E-state index is -3.72. The van der Waals surface area contributed by atoms with E-state index in [1.54, 1.807) is 23.5 Å². The fourth-order valence-electron chi connectivity index (χ4n) is 4.35. The van der Waals surface area contributed by atoms with Crippen molar-refractivity contribution >= 4 is 43.0 Å². The molecule has 2 atom stereocenters. The highest BCUT2D eigenvalue weighted by Crippen LogP contribution is 2.31. The Morgan fingerprint density at radius 2 is 1.78 bits per heavy atom. The van der Waals surface area contributed by atoms with Crippen molar-refractivity contribution in [3.8, 4) is 10.6 Å². The summed E-state index contributed by atoms with van der Waals surface area (Å²) in [6, 6.07) is 22.0. The number of carbonyl (C=O) groups excluding carboxylic acids is 1. The second-order valence-corrected chi connectivity index (χ2v) is 11.9. The van der Waals surface area contributed by atoms with Crippen LogP contribution in [0.5, 0.6) is 0 Å². The van der Waals surface area contributed by atoms with Gasteiger partial charge in [-0.15, -0.1) is 11.3 Å². The Morgan fingerprint density at radius 3 is 2.56 bits per heavy atom. The van der Waals surface area contributed by atoms with Crippen LogP contribution < -0.4 is 5.32 Å². The van der Waals surface area contributed by atoms with Crippen LogP contribution in [0.4, 0.5) is 5.69 Å². The number of ether oxygens (including phenoxy) is 1. The summed E-state index contributed by atoms with van der Waals surface area (Å²) in [5.41, 5.74) is 3.07. The van der Waals surface area contributed by atoms with Gasteiger partial charge in [0, 0.05) is 29.9 Å². The molecule has 1 saturated heterocycles. The van der Waals surface area contributed by atoms with Crippen molar-refractivity contribution < 1.29 is 17.9 Å². The molecule has 2 heterocycles. The summed E-state index contributed by atoms with van der Waals surface area (Å²) in [6.45, 7) is 4.33. The number of ketones is 1.